The Labute approximate surface area is 263 Å². The number of ether oxygens (including phenoxy) is 1. The molecule has 0 bridgehead atoms. The number of nitrogens with zero attached hydrogens (tertiary/aromatic N) is 2. The lowest BCUT2D eigenvalue weighted by Crippen LogP contribution is -2.56. The second-order valence-corrected chi connectivity index (χ2v) is 13.4. The molecule has 3 fully saturated rings. The number of amides is 4. The molecule has 242 valence electrons. The Morgan fingerprint density at radius 3 is 2.53 bits per heavy atom. The van der Waals surface area contributed by atoms with Crippen LogP contribution in [0.1, 0.15) is 81.8 Å². The zero-order valence-corrected chi connectivity index (χ0v) is 25.7. The van der Waals surface area contributed by atoms with E-state index in [9.17, 15) is 29.1 Å². The predicted molar refractivity (Wildman–Crippen MR) is 164 cm³/mol. The van der Waals surface area contributed by atoms with Gasteiger partial charge in [-0.25, -0.2) is 9.59 Å². The highest BCUT2D eigenvalue weighted by Gasteiger charge is 2.61. The van der Waals surface area contributed by atoms with Crippen molar-refractivity contribution in [3.05, 3.63) is 47.5 Å². The number of carboxylic acids is 1. The summed E-state index contributed by atoms with van der Waals surface area (Å²) >= 11 is 0. The highest BCUT2D eigenvalue weighted by molar-refractivity contribution is 5.96. The van der Waals surface area contributed by atoms with Crippen LogP contribution in [0, 0.1) is 11.8 Å². The van der Waals surface area contributed by atoms with Crippen LogP contribution in [0.3, 0.4) is 0 Å². The van der Waals surface area contributed by atoms with E-state index in [1.54, 1.807) is 4.90 Å². The summed E-state index contributed by atoms with van der Waals surface area (Å²) in [4.78, 5) is 69.8. The molecule has 2 saturated carbocycles. The number of aliphatic carboxylic acids is 1. The molecule has 3 heterocycles. The van der Waals surface area contributed by atoms with Gasteiger partial charge in [0.05, 0.1) is 6.54 Å². The zero-order chi connectivity index (χ0) is 31.6. The SMILES string of the molecule is O=C(N[C@H]1CCCCC/C=C\[C@@H]2C[C@@]2(C(=O)O)NC(=O)[C@@H]2C[C@@H](OC(=O)N3CCc4ccccc4C3)CN2C1=O)C1CCCC1. The summed E-state index contributed by atoms with van der Waals surface area (Å²) in [7, 11) is 0. The number of hydrogen-bond donors (Lipinski definition) is 3. The van der Waals surface area contributed by atoms with Crippen molar-refractivity contribution in [2.45, 2.75) is 107 Å². The normalized spacial score (nSPS) is 31.4. The lowest BCUT2D eigenvalue weighted by Gasteiger charge is -2.30. The average Bonchev–Trinajstić information content (AvgIpc) is 3.35. The van der Waals surface area contributed by atoms with E-state index in [0.29, 0.717) is 25.9 Å². The van der Waals surface area contributed by atoms with Crippen LogP contribution < -0.4 is 10.6 Å². The first kappa shape index (κ1) is 31.1. The highest BCUT2D eigenvalue weighted by Crippen LogP contribution is 2.45. The number of nitrogens with one attached hydrogen (secondary N) is 2. The zero-order valence-electron chi connectivity index (χ0n) is 25.7. The van der Waals surface area contributed by atoms with Gasteiger partial charge >= 0.3 is 12.1 Å². The van der Waals surface area contributed by atoms with Crippen LogP contribution in [0.25, 0.3) is 0 Å². The number of fused-ring (bicyclic) bond motifs is 3. The van der Waals surface area contributed by atoms with E-state index < -0.39 is 47.6 Å². The van der Waals surface area contributed by atoms with Gasteiger partial charge in [0.15, 0.2) is 0 Å². The molecular formula is C34H44N4O7. The van der Waals surface area contributed by atoms with E-state index in [-0.39, 0.29) is 37.1 Å². The van der Waals surface area contributed by atoms with Crippen LogP contribution in [0.4, 0.5) is 4.79 Å². The maximum atomic E-state index is 14.2. The quantitative estimate of drug-likeness (QED) is 0.438. The standard InChI is InChI=1S/C34H44N4O7/c39-29(23-11-7-8-12-23)35-27-15-5-3-1-2-4-14-25-19-34(25,32(42)43)36-30(40)28-18-26(21-38(28)31(27)41)45-33(44)37-17-16-22-10-6-9-13-24(22)20-37/h4,6,9-10,13-14,23,25-28H,1-3,5,7-8,11-12,15-21H2,(H,35,39)(H,36,40)(H,42,43)/b14-4-/t25-,26-,27+,28+,34-/m1/s1. The molecule has 1 saturated heterocycles. The Bertz CT molecular complexity index is 1360. The molecule has 0 unspecified atom stereocenters. The van der Waals surface area contributed by atoms with Gasteiger partial charge in [0, 0.05) is 31.3 Å². The van der Waals surface area contributed by atoms with Gasteiger partial charge in [-0.1, -0.05) is 62.1 Å². The van der Waals surface area contributed by atoms with Crippen LogP contribution in [0.5, 0.6) is 0 Å². The van der Waals surface area contributed by atoms with Crippen LogP contribution in [0.15, 0.2) is 36.4 Å². The van der Waals surface area contributed by atoms with E-state index in [4.69, 9.17) is 4.74 Å². The first-order valence-electron chi connectivity index (χ1n) is 16.6. The Hall–Kier alpha value is -3.89. The average molecular weight is 621 g/mol. The van der Waals surface area contributed by atoms with Crippen LogP contribution in [0.2, 0.25) is 0 Å². The smallest absolute Gasteiger partial charge is 0.410 e. The summed E-state index contributed by atoms with van der Waals surface area (Å²) < 4.78 is 5.91. The van der Waals surface area contributed by atoms with Gasteiger partial charge in [0.25, 0.3) is 0 Å². The number of allylic oxidation sites excluding steroid dienone is 1. The second-order valence-electron chi connectivity index (χ2n) is 13.4. The van der Waals surface area contributed by atoms with Crippen LogP contribution in [-0.2, 0) is 36.9 Å². The monoisotopic (exact) mass is 620 g/mol. The summed E-state index contributed by atoms with van der Waals surface area (Å²) in [5.41, 5.74) is 0.832. The molecule has 3 aliphatic heterocycles. The number of carbonyl (C=O) groups excluding carboxylic acids is 4. The highest BCUT2D eigenvalue weighted by atomic mass is 16.6. The summed E-state index contributed by atoms with van der Waals surface area (Å²) in [5.74, 6) is -2.67. The minimum Gasteiger partial charge on any atom is -0.479 e. The maximum absolute atomic E-state index is 14.2. The third-order valence-corrected chi connectivity index (χ3v) is 10.3. The number of hydrogen-bond acceptors (Lipinski definition) is 6. The van der Waals surface area contributed by atoms with Crippen LogP contribution in [-0.4, -0.2) is 81.5 Å². The van der Waals surface area contributed by atoms with Crippen molar-refractivity contribution in [1.82, 2.24) is 20.4 Å². The van der Waals surface area contributed by atoms with Crippen molar-refractivity contribution >= 4 is 29.8 Å². The summed E-state index contributed by atoms with van der Waals surface area (Å²) in [5, 5.41) is 15.8. The molecule has 1 aromatic rings. The van der Waals surface area contributed by atoms with Crippen molar-refractivity contribution in [3.63, 3.8) is 0 Å². The molecule has 11 heteroatoms. The number of carbonyl (C=O) groups is 5. The molecule has 4 amide bonds. The molecule has 5 atom stereocenters. The second kappa shape index (κ2) is 13.2. The largest absolute Gasteiger partial charge is 0.479 e. The molecule has 2 aliphatic carbocycles. The van der Waals surface area contributed by atoms with Crippen molar-refractivity contribution in [2.75, 3.05) is 13.1 Å². The molecule has 11 nitrogen and oxygen atoms in total. The Morgan fingerprint density at radius 2 is 1.76 bits per heavy atom. The Balaban J connectivity index is 1.22. The fraction of sp³-hybridized carbons (Fsp3) is 0.618. The molecule has 0 aromatic heterocycles. The maximum Gasteiger partial charge on any atom is 0.410 e. The van der Waals surface area contributed by atoms with E-state index in [0.717, 1.165) is 56.9 Å². The van der Waals surface area contributed by atoms with Gasteiger partial charge in [-0.05, 0) is 56.1 Å². The topological polar surface area (TPSA) is 145 Å². The Kier molecular flexibility index (Phi) is 9.14. The molecule has 0 spiro atoms. The third kappa shape index (κ3) is 6.72. The fourth-order valence-electron chi connectivity index (χ4n) is 7.49. The first-order valence-corrected chi connectivity index (χ1v) is 16.6. The van der Waals surface area contributed by atoms with E-state index in [1.165, 1.54) is 10.5 Å². The first-order chi connectivity index (χ1) is 21.7. The van der Waals surface area contributed by atoms with Crippen LogP contribution >= 0.6 is 0 Å². The number of rotatable bonds is 4. The molecule has 3 N–H and O–H groups in total. The van der Waals surface area contributed by atoms with Crippen molar-refractivity contribution in [2.24, 2.45) is 11.8 Å². The molecule has 5 aliphatic rings. The van der Waals surface area contributed by atoms with Crippen molar-refractivity contribution < 1.29 is 33.8 Å². The van der Waals surface area contributed by atoms with Gasteiger partial charge in [-0.2, -0.15) is 0 Å². The molecule has 0 radical (unpaired) electrons. The molecule has 6 rings (SSSR count). The summed E-state index contributed by atoms with van der Waals surface area (Å²) in [6.45, 7) is 0.909. The lowest BCUT2D eigenvalue weighted by molar-refractivity contribution is -0.146. The summed E-state index contributed by atoms with van der Waals surface area (Å²) in [6.07, 6.45) is 10.8. The van der Waals surface area contributed by atoms with Crippen molar-refractivity contribution in [1.29, 1.82) is 0 Å². The number of carboxylic acid groups (broad SMARTS) is 1. The van der Waals surface area contributed by atoms with E-state index in [1.807, 2.05) is 30.4 Å². The number of benzene rings is 1. The predicted octanol–water partition coefficient (Wildman–Crippen LogP) is 3.31. The fourth-order valence-corrected chi connectivity index (χ4v) is 7.49. The molecule has 45 heavy (non-hydrogen) atoms. The Morgan fingerprint density at radius 1 is 1.00 bits per heavy atom. The van der Waals surface area contributed by atoms with Gasteiger partial charge in [0.2, 0.25) is 17.7 Å². The molecular weight excluding hydrogens is 576 g/mol. The summed E-state index contributed by atoms with van der Waals surface area (Å²) in [6, 6.07) is 6.11. The van der Waals surface area contributed by atoms with Gasteiger partial charge in [-0.3, -0.25) is 14.4 Å². The van der Waals surface area contributed by atoms with Gasteiger partial charge < -0.3 is 30.3 Å². The lowest BCUT2D eigenvalue weighted by atomic mass is 10.0. The van der Waals surface area contributed by atoms with Crippen molar-refractivity contribution in [3.8, 4) is 0 Å². The molecule has 1 aromatic carbocycles. The van der Waals surface area contributed by atoms with E-state index >= 15 is 0 Å². The van der Waals surface area contributed by atoms with Gasteiger partial charge in [0.1, 0.15) is 23.7 Å². The minimum atomic E-state index is -1.42. The van der Waals surface area contributed by atoms with E-state index in [2.05, 4.69) is 16.7 Å². The minimum absolute atomic E-state index is 0.00765. The third-order valence-electron chi connectivity index (χ3n) is 10.3. The van der Waals surface area contributed by atoms with Gasteiger partial charge in [-0.15, -0.1) is 0 Å².